The van der Waals surface area contributed by atoms with Gasteiger partial charge in [-0.1, -0.05) is 44.0 Å². The van der Waals surface area contributed by atoms with E-state index in [0.717, 1.165) is 11.4 Å². The van der Waals surface area contributed by atoms with Gasteiger partial charge in [-0.05, 0) is 82.2 Å². The lowest BCUT2D eigenvalue weighted by atomic mass is 10.1. The second kappa shape index (κ2) is 33.7. The topological polar surface area (TPSA) is 297 Å². The summed E-state index contributed by atoms with van der Waals surface area (Å²) in [6.07, 6.45) is 3.06. The van der Waals surface area contributed by atoms with Gasteiger partial charge in [-0.2, -0.15) is 31.6 Å². The summed E-state index contributed by atoms with van der Waals surface area (Å²) in [6, 6.07) is 26.4. The number of anilines is 2. The van der Waals surface area contributed by atoms with Crippen LogP contribution in [0.25, 0.3) is 12.2 Å². The summed E-state index contributed by atoms with van der Waals surface area (Å²) in [5, 5.41) is 67.8. The second-order valence-corrected chi connectivity index (χ2v) is 14.6. The molecular weight excluding hydrogens is 869 g/mol. The average Bonchev–Trinajstić information content (AvgIpc) is 3.31. The van der Waals surface area contributed by atoms with Gasteiger partial charge in [0.15, 0.2) is 0 Å². The molecule has 0 fully saturated rings. The number of aliphatic hydroxyl groups is 1. The van der Waals surface area contributed by atoms with E-state index in [1.54, 1.807) is 38.1 Å². The lowest BCUT2D eigenvalue weighted by molar-refractivity contribution is -0.154. The van der Waals surface area contributed by atoms with E-state index < -0.39 is 41.9 Å². The molecule has 2 unspecified atom stereocenters. The fraction of sp³-hybridized carbons (Fsp3) is 0.340. The number of carbonyl (C=O) groups is 5. The zero-order chi connectivity index (χ0) is 51.6. The van der Waals surface area contributed by atoms with Gasteiger partial charge in [-0.3, -0.25) is 9.59 Å². The first-order valence-corrected chi connectivity index (χ1v) is 20.9. The highest BCUT2D eigenvalue weighted by Gasteiger charge is 2.15. The molecule has 0 aromatic heterocycles. The predicted molar refractivity (Wildman–Crippen MR) is 254 cm³/mol. The molecule has 2 aromatic carbocycles. The molecule has 68 heavy (non-hydrogen) atoms. The van der Waals surface area contributed by atoms with Gasteiger partial charge < -0.3 is 35.0 Å². The third-order valence-electron chi connectivity index (χ3n) is 8.49. The molecule has 0 aliphatic rings. The van der Waals surface area contributed by atoms with Crippen LogP contribution in [0.4, 0.5) is 11.4 Å². The van der Waals surface area contributed by atoms with Gasteiger partial charge in [-0.25, -0.2) is 14.4 Å². The smallest absolute Gasteiger partial charge is 0.340 e. The molecule has 0 radical (unpaired) electrons. The molecule has 18 heteroatoms. The number of esters is 3. The standard InChI is InChI=1S/C23H25N5O3.C19H21N5O2.C8H10O3/c1-17(2)23(30)31-18(3)16-27-22(29)20(15-26)14-19-6-8-21(9-7-19)28(12-4-10-24)13-5-11-25;1-15(25)14-23-19(26)17(13-22)12-16-4-6-18(7-5-16)24(10-2-8-20)11-3-9-21;1-5(2)7(9)11-8(10)6(3)4/h6-9,14,18H,1,4-5,12-13,16H2,2-3H3,(H,27,29);4-7,12,15,25H,2-3,10-11,14H2,1H3,(H,23,26);1,3H2,2,4H3/b20-14+;17-12+;. The summed E-state index contributed by atoms with van der Waals surface area (Å²) in [5.74, 6) is -3.08. The number of nitrogens with one attached hydrogen (secondary N) is 2. The largest absolute Gasteiger partial charge is 0.457 e. The van der Waals surface area contributed by atoms with Crippen LogP contribution in [-0.2, 0) is 33.4 Å². The van der Waals surface area contributed by atoms with Crippen molar-refractivity contribution in [3.05, 3.63) is 107 Å². The number of benzene rings is 2. The van der Waals surface area contributed by atoms with Gasteiger partial charge in [-0.15, -0.1) is 0 Å². The van der Waals surface area contributed by atoms with Gasteiger partial charge in [0.05, 0.1) is 62.6 Å². The predicted octanol–water partition coefficient (Wildman–Crippen LogP) is 5.78. The Morgan fingerprint density at radius 3 is 1.19 bits per heavy atom. The Kier molecular flexibility index (Phi) is 29.3. The molecule has 2 aromatic rings. The molecular formula is C50H56N10O8. The van der Waals surface area contributed by atoms with Crippen LogP contribution < -0.4 is 20.4 Å². The Morgan fingerprint density at radius 2 is 0.912 bits per heavy atom. The summed E-state index contributed by atoms with van der Waals surface area (Å²) in [4.78, 5) is 60.9. The molecule has 354 valence electrons. The van der Waals surface area contributed by atoms with Gasteiger partial charge >= 0.3 is 17.9 Å². The minimum atomic E-state index is -0.710. The summed E-state index contributed by atoms with van der Waals surface area (Å²) in [7, 11) is 0. The van der Waals surface area contributed by atoms with Crippen molar-refractivity contribution in [3.8, 4) is 36.4 Å². The molecule has 0 bridgehead atoms. The molecule has 0 aliphatic carbocycles. The number of rotatable bonds is 22. The van der Waals surface area contributed by atoms with Crippen molar-refractivity contribution in [2.24, 2.45) is 0 Å². The number of hydrogen-bond acceptors (Lipinski definition) is 16. The van der Waals surface area contributed by atoms with E-state index in [2.05, 4.69) is 59.4 Å². The maximum absolute atomic E-state index is 12.3. The number of nitriles is 6. The lowest BCUT2D eigenvalue weighted by Gasteiger charge is -2.22. The van der Waals surface area contributed by atoms with Crippen LogP contribution in [-0.4, -0.2) is 86.3 Å². The first-order valence-electron chi connectivity index (χ1n) is 20.9. The molecule has 0 heterocycles. The van der Waals surface area contributed by atoms with E-state index in [0.29, 0.717) is 63.0 Å². The van der Waals surface area contributed by atoms with Crippen molar-refractivity contribution in [1.29, 1.82) is 31.6 Å². The third kappa shape index (κ3) is 24.9. The Hall–Kier alpha value is -8.81. The number of carbonyl (C=O) groups excluding carboxylic acids is 5. The van der Waals surface area contributed by atoms with Crippen molar-refractivity contribution in [2.75, 3.05) is 49.1 Å². The van der Waals surface area contributed by atoms with Crippen molar-refractivity contribution in [1.82, 2.24) is 10.6 Å². The van der Waals surface area contributed by atoms with E-state index >= 15 is 0 Å². The first-order chi connectivity index (χ1) is 32.3. The Balaban J connectivity index is 0.00000109. The van der Waals surface area contributed by atoms with Gasteiger partial charge in [0.1, 0.15) is 29.4 Å². The monoisotopic (exact) mass is 924 g/mol. The molecule has 0 saturated heterocycles. The number of nitrogens with zero attached hydrogens (tertiary/aromatic N) is 8. The number of amides is 2. The van der Waals surface area contributed by atoms with Gasteiger partial charge in [0.25, 0.3) is 11.8 Å². The molecule has 2 amide bonds. The quantitative estimate of drug-likeness (QED) is 0.0545. The van der Waals surface area contributed by atoms with E-state index in [4.69, 9.17) is 31.0 Å². The minimum absolute atomic E-state index is 0.0517. The zero-order valence-corrected chi connectivity index (χ0v) is 39.0. The Bertz CT molecular complexity index is 2360. The first kappa shape index (κ1) is 59.2. The van der Waals surface area contributed by atoms with E-state index in [-0.39, 0.29) is 41.0 Å². The number of hydrogen-bond donors (Lipinski definition) is 3. The maximum Gasteiger partial charge on any atom is 0.340 e. The van der Waals surface area contributed by atoms with Crippen molar-refractivity contribution in [2.45, 2.75) is 72.5 Å². The number of ether oxygens (including phenoxy) is 2. The van der Waals surface area contributed by atoms with E-state index in [1.807, 2.05) is 46.2 Å². The number of aliphatic hydroxyl groups excluding tert-OH is 1. The zero-order valence-electron chi connectivity index (χ0n) is 39.0. The average molecular weight is 925 g/mol. The van der Waals surface area contributed by atoms with Crippen LogP contribution in [0.3, 0.4) is 0 Å². The van der Waals surface area contributed by atoms with Crippen LogP contribution in [0.15, 0.2) is 96.1 Å². The van der Waals surface area contributed by atoms with E-state index in [1.165, 1.54) is 32.9 Å². The molecule has 2 rings (SSSR count). The molecule has 2 atom stereocenters. The SMILES string of the molecule is C=C(C)C(=O)OC(=O)C(=C)C.C=C(C)C(=O)OC(C)CNC(=O)/C(C#N)=C/c1ccc(N(CCC#N)CCC#N)cc1.CC(O)CNC(=O)/C(C#N)=C/c1ccc(N(CCC#N)CCC#N)cc1. The fourth-order valence-corrected chi connectivity index (χ4v) is 4.92. The highest BCUT2D eigenvalue weighted by atomic mass is 16.6. The van der Waals surface area contributed by atoms with Crippen molar-refractivity contribution >= 4 is 53.2 Å². The lowest BCUT2D eigenvalue weighted by Crippen LogP contribution is -2.34. The fourth-order valence-electron chi connectivity index (χ4n) is 4.92. The van der Waals surface area contributed by atoms with Crippen LogP contribution >= 0.6 is 0 Å². The summed E-state index contributed by atoms with van der Waals surface area (Å²) >= 11 is 0. The third-order valence-corrected chi connectivity index (χ3v) is 8.49. The normalized spacial score (nSPS) is 10.9. The van der Waals surface area contributed by atoms with Crippen LogP contribution in [0.2, 0.25) is 0 Å². The molecule has 0 aliphatic heterocycles. The van der Waals surface area contributed by atoms with Crippen LogP contribution in [0.1, 0.15) is 71.4 Å². The molecule has 3 N–H and O–H groups in total. The maximum atomic E-state index is 12.3. The highest BCUT2D eigenvalue weighted by molar-refractivity contribution is 6.02. The van der Waals surface area contributed by atoms with Crippen molar-refractivity contribution < 1.29 is 38.6 Å². The Morgan fingerprint density at radius 1 is 0.588 bits per heavy atom. The van der Waals surface area contributed by atoms with Gasteiger partial charge in [0, 0.05) is 60.8 Å². The molecule has 0 spiro atoms. The molecule has 18 nitrogen and oxygen atoms in total. The highest BCUT2D eigenvalue weighted by Crippen LogP contribution is 2.19. The molecule has 0 saturated carbocycles. The van der Waals surface area contributed by atoms with Crippen molar-refractivity contribution in [3.63, 3.8) is 0 Å². The second-order valence-electron chi connectivity index (χ2n) is 14.6. The van der Waals surface area contributed by atoms with Crippen LogP contribution in [0.5, 0.6) is 0 Å². The van der Waals surface area contributed by atoms with E-state index in [9.17, 15) is 34.3 Å². The summed E-state index contributed by atoms with van der Waals surface area (Å²) in [6.45, 7) is 19.9. The van der Waals surface area contributed by atoms with Crippen LogP contribution in [0, 0.1) is 68.0 Å². The summed E-state index contributed by atoms with van der Waals surface area (Å²) in [5.41, 5.74) is 3.55. The minimum Gasteiger partial charge on any atom is -0.457 e. The van der Waals surface area contributed by atoms with Gasteiger partial charge in [0.2, 0.25) is 0 Å². The summed E-state index contributed by atoms with van der Waals surface area (Å²) < 4.78 is 9.38. The Labute approximate surface area is 398 Å².